The lowest BCUT2D eigenvalue weighted by Gasteiger charge is -2.14. The summed E-state index contributed by atoms with van der Waals surface area (Å²) in [5.74, 6) is 0.130. The molecule has 2 heteroatoms. The molecule has 1 aromatic heterocycles. The van der Waals surface area contributed by atoms with Gasteiger partial charge in [-0.25, -0.2) is 0 Å². The molecule has 1 aromatic carbocycles. The molecule has 0 aliphatic heterocycles. The third kappa shape index (κ3) is 3.17. The fourth-order valence-corrected chi connectivity index (χ4v) is 2.08. The molecule has 0 aliphatic carbocycles. The number of rotatable bonds is 5. The average Bonchev–Trinajstić information content (AvgIpc) is 2.46. The monoisotopic (exact) mass is 241 g/mol. The molecule has 0 radical (unpaired) electrons. The van der Waals surface area contributed by atoms with E-state index in [1.165, 1.54) is 11.1 Å². The van der Waals surface area contributed by atoms with Crippen LogP contribution in [0.5, 0.6) is 0 Å². The maximum Gasteiger partial charge on any atom is 0.0503 e. The third-order valence-electron chi connectivity index (χ3n) is 3.26. The Kier molecular flexibility index (Phi) is 4.48. The van der Waals surface area contributed by atoms with Crippen molar-refractivity contribution >= 4 is 0 Å². The molecule has 0 fully saturated rings. The van der Waals surface area contributed by atoms with Crippen molar-refractivity contribution in [3.63, 3.8) is 0 Å². The summed E-state index contributed by atoms with van der Waals surface area (Å²) in [6.07, 6.45) is 3.62. The van der Waals surface area contributed by atoms with Crippen LogP contribution in [-0.2, 0) is 12.8 Å². The standard InChI is InChI=1S/C16H19NO/c1-2-13-6-8-14(9-7-13)15(12-18)11-16-5-3-4-10-17-16/h3-10,15,18H,2,11-12H2,1H3. The summed E-state index contributed by atoms with van der Waals surface area (Å²) in [7, 11) is 0. The van der Waals surface area contributed by atoms with E-state index in [-0.39, 0.29) is 12.5 Å². The van der Waals surface area contributed by atoms with E-state index in [1.54, 1.807) is 6.20 Å². The van der Waals surface area contributed by atoms with E-state index in [2.05, 4.69) is 36.2 Å². The normalized spacial score (nSPS) is 12.3. The van der Waals surface area contributed by atoms with Crippen molar-refractivity contribution in [2.45, 2.75) is 25.7 Å². The maximum absolute atomic E-state index is 9.54. The molecular weight excluding hydrogens is 222 g/mol. The van der Waals surface area contributed by atoms with Gasteiger partial charge in [-0.05, 0) is 36.1 Å². The van der Waals surface area contributed by atoms with Gasteiger partial charge >= 0.3 is 0 Å². The molecule has 0 saturated heterocycles. The Bertz CT molecular complexity index is 464. The molecule has 2 aromatic rings. The van der Waals surface area contributed by atoms with Crippen LogP contribution in [-0.4, -0.2) is 16.7 Å². The van der Waals surface area contributed by atoms with Crippen LogP contribution in [0.3, 0.4) is 0 Å². The van der Waals surface area contributed by atoms with Crippen molar-refractivity contribution in [2.75, 3.05) is 6.61 Å². The molecule has 0 bridgehead atoms. The first-order valence-electron chi connectivity index (χ1n) is 6.43. The first-order valence-corrected chi connectivity index (χ1v) is 6.43. The number of benzene rings is 1. The highest BCUT2D eigenvalue weighted by molar-refractivity contribution is 5.26. The topological polar surface area (TPSA) is 33.1 Å². The third-order valence-corrected chi connectivity index (χ3v) is 3.26. The zero-order valence-corrected chi connectivity index (χ0v) is 10.7. The summed E-state index contributed by atoms with van der Waals surface area (Å²) >= 11 is 0. The molecule has 1 heterocycles. The maximum atomic E-state index is 9.54. The Morgan fingerprint density at radius 1 is 1.11 bits per heavy atom. The van der Waals surface area contributed by atoms with Gasteiger partial charge in [0.15, 0.2) is 0 Å². The lowest BCUT2D eigenvalue weighted by molar-refractivity contribution is 0.264. The van der Waals surface area contributed by atoms with Gasteiger partial charge in [0.1, 0.15) is 0 Å². The minimum atomic E-state index is 0.130. The van der Waals surface area contributed by atoms with Gasteiger partial charge in [-0.15, -0.1) is 0 Å². The van der Waals surface area contributed by atoms with Gasteiger partial charge < -0.3 is 5.11 Å². The SMILES string of the molecule is CCc1ccc(C(CO)Cc2ccccn2)cc1. The summed E-state index contributed by atoms with van der Waals surface area (Å²) < 4.78 is 0. The van der Waals surface area contributed by atoms with E-state index in [0.717, 1.165) is 18.5 Å². The second kappa shape index (κ2) is 6.31. The summed E-state index contributed by atoms with van der Waals surface area (Å²) in [6.45, 7) is 2.30. The highest BCUT2D eigenvalue weighted by Gasteiger charge is 2.11. The fraction of sp³-hybridized carbons (Fsp3) is 0.312. The summed E-state index contributed by atoms with van der Waals surface area (Å²) in [4.78, 5) is 4.31. The highest BCUT2D eigenvalue weighted by atomic mass is 16.3. The summed E-state index contributed by atoms with van der Waals surface area (Å²) in [5.41, 5.74) is 3.53. The smallest absolute Gasteiger partial charge is 0.0503 e. The first kappa shape index (κ1) is 12.8. The van der Waals surface area contributed by atoms with Gasteiger partial charge in [0.05, 0.1) is 6.61 Å². The van der Waals surface area contributed by atoms with Crippen LogP contribution in [0.15, 0.2) is 48.7 Å². The molecule has 0 aliphatic rings. The molecule has 0 saturated carbocycles. The molecular formula is C16H19NO. The number of aliphatic hydroxyl groups excluding tert-OH is 1. The second-order valence-corrected chi connectivity index (χ2v) is 4.50. The number of hydrogen-bond acceptors (Lipinski definition) is 2. The second-order valence-electron chi connectivity index (χ2n) is 4.50. The van der Waals surface area contributed by atoms with Gasteiger partial charge in [0.2, 0.25) is 0 Å². The number of pyridine rings is 1. The van der Waals surface area contributed by atoms with E-state index in [4.69, 9.17) is 0 Å². The van der Waals surface area contributed by atoms with E-state index in [9.17, 15) is 5.11 Å². The molecule has 94 valence electrons. The summed E-state index contributed by atoms with van der Waals surface area (Å²) in [6, 6.07) is 14.4. The number of aromatic nitrogens is 1. The fourth-order valence-electron chi connectivity index (χ4n) is 2.08. The number of nitrogens with zero attached hydrogens (tertiary/aromatic N) is 1. The van der Waals surface area contributed by atoms with E-state index in [0.29, 0.717) is 0 Å². The quantitative estimate of drug-likeness (QED) is 0.873. The van der Waals surface area contributed by atoms with Crippen molar-refractivity contribution < 1.29 is 5.11 Å². The molecule has 1 N–H and O–H groups in total. The molecule has 0 amide bonds. The highest BCUT2D eigenvalue weighted by Crippen LogP contribution is 2.20. The van der Waals surface area contributed by atoms with Gasteiger partial charge in [0, 0.05) is 17.8 Å². The molecule has 1 unspecified atom stereocenters. The van der Waals surface area contributed by atoms with Crippen molar-refractivity contribution in [3.05, 3.63) is 65.5 Å². The molecule has 2 nitrogen and oxygen atoms in total. The Morgan fingerprint density at radius 2 is 1.89 bits per heavy atom. The van der Waals surface area contributed by atoms with Crippen molar-refractivity contribution in [1.82, 2.24) is 4.98 Å². The predicted octanol–water partition coefficient (Wildman–Crippen LogP) is 2.96. The van der Waals surface area contributed by atoms with Crippen molar-refractivity contribution in [1.29, 1.82) is 0 Å². The largest absolute Gasteiger partial charge is 0.396 e. The van der Waals surface area contributed by atoms with Crippen LogP contribution in [0.2, 0.25) is 0 Å². The number of aliphatic hydroxyl groups is 1. The Labute approximate surface area is 108 Å². The van der Waals surface area contributed by atoms with Crippen LogP contribution >= 0.6 is 0 Å². The molecule has 0 spiro atoms. The van der Waals surface area contributed by atoms with Crippen LogP contribution in [0, 0.1) is 0 Å². The van der Waals surface area contributed by atoms with Gasteiger partial charge in [-0.1, -0.05) is 37.3 Å². The Morgan fingerprint density at radius 3 is 2.44 bits per heavy atom. The van der Waals surface area contributed by atoms with Gasteiger partial charge in [0.25, 0.3) is 0 Å². The zero-order valence-electron chi connectivity index (χ0n) is 10.7. The van der Waals surface area contributed by atoms with Gasteiger partial charge in [-0.2, -0.15) is 0 Å². The van der Waals surface area contributed by atoms with Crippen molar-refractivity contribution in [3.8, 4) is 0 Å². The summed E-state index contributed by atoms with van der Waals surface area (Å²) in [5, 5.41) is 9.54. The van der Waals surface area contributed by atoms with Crippen LogP contribution in [0.1, 0.15) is 29.7 Å². The number of aryl methyl sites for hydroxylation is 1. The van der Waals surface area contributed by atoms with E-state index >= 15 is 0 Å². The average molecular weight is 241 g/mol. The zero-order chi connectivity index (χ0) is 12.8. The lowest BCUT2D eigenvalue weighted by Crippen LogP contribution is -2.08. The van der Waals surface area contributed by atoms with Crippen LogP contribution in [0.4, 0.5) is 0 Å². The molecule has 1 atom stereocenters. The predicted molar refractivity (Wildman–Crippen MR) is 73.6 cm³/mol. The minimum absolute atomic E-state index is 0.130. The lowest BCUT2D eigenvalue weighted by atomic mass is 9.94. The Hall–Kier alpha value is -1.67. The number of hydrogen-bond donors (Lipinski definition) is 1. The molecule has 18 heavy (non-hydrogen) atoms. The van der Waals surface area contributed by atoms with Crippen molar-refractivity contribution in [2.24, 2.45) is 0 Å². The van der Waals surface area contributed by atoms with Crippen LogP contribution < -0.4 is 0 Å². The minimum Gasteiger partial charge on any atom is -0.396 e. The Balaban J connectivity index is 2.12. The van der Waals surface area contributed by atoms with E-state index in [1.807, 2.05) is 18.2 Å². The molecule has 2 rings (SSSR count). The van der Waals surface area contributed by atoms with Gasteiger partial charge in [-0.3, -0.25) is 4.98 Å². The van der Waals surface area contributed by atoms with Crippen LogP contribution in [0.25, 0.3) is 0 Å². The van der Waals surface area contributed by atoms with E-state index < -0.39 is 0 Å². The first-order chi connectivity index (χ1) is 8.83.